The first kappa shape index (κ1) is 14.3. The van der Waals surface area contributed by atoms with Crippen LogP contribution in [0.15, 0.2) is 27.8 Å². The summed E-state index contributed by atoms with van der Waals surface area (Å²) in [7, 11) is 1.64. The summed E-state index contributed by atoms with van der Waals surface area (Å²) in [6.07, 6.45) is 0. The molecule has 3 N–H and O–H groups in total. The smallest absolute Gasteiger partial charge is 0.272 e. The SMILES string of the molecule is COCC(Nc1cccc2c(=O)[nH][nH]c(=O)c12)C(C)C. The summed E-state index contributed by atoms with van der Waals surface area (Å²) in [6.45, 7) is 4.66. The molecule has 0 aliphatic carbocycles. The molecule has 0 bridgehead atoms. The number of hydrogen-bond acceptors (Lipinski definition) is 4. The second-order valence-electron chi connectivity index (χ2n) is 5.09. The van der Waals surface area contributed by atoms with Crippen LogP contribution in [0.1, 0.15) is 13.8 Å². The van der Waals surface area contributed by atoms with Gasteiger partial charge in [-0.3, -0.25) is 19.8 Å². The summed E-state index contributed by atoms with van der Waals surface area (Å²) >= 11 is 0. The first-order chi connectivity index (χ1) is 9.54. The van der Waals surface area contributed by atoms with E-state index in [1.54, 1.807) is 25.3 Å². The quantitative estimate of drug-likeness (QED) is 0.768. The number of nitrogens with one attached hydrogen (secondary N) is 3. The molecule has 1 heterocycles. The van der Waals surface area contributed by atoms with Gasteiger partial charge >= 0.3 is 0 Å². The van der Waals surface area contributed by atoms with Crippen molar-refractivity contribution in [3.63, 3.8) is 0 Å². The zero-order chi connectivity index (χ0) is 14.7. The van der Waals surface area contributed by atoms with Crippen LogP contribution >= 0.6 is 0 Å². The number of aromatic amines is 2. The van der Waals surface area contributed by atoms with Crippen LogP contribution in [0.25, 0.3) is 10.8 Å². The van der Waals surface area contributed by atoms with Gasteiger partial charge in [-0.05, 0) is 18.1 Å². The van der Waals surface area contributed by atoms with Crippen LogP contribution in [0.2, 0.25) is 0 Å². The Hall–Kier alpha value is -2.08. The van der Waals surface area contributed by atoms with Crippen molar-refractivity contribution in [3.8, 4) is 0 Å². The van der Waals surface area contributed by atoms with Gasteiger partial charge in [0, 0.05) is 12.8 Å². The lowest BCUT2D eigenvalue weighted by Gasteiger charge is -2.23. The number of hydrogen-bond donors (Lipinski definition) is 3. The normalized spacial score (nSPS) is 12.8. The van der Waals surface area contributed by atoms with E-state index in [4.69, 9.17) is 4.74 Å². The van der Waals surface area contributed by atoms with Gasteiger partial charge in [-0.1, -0.05) is 19.9 Å². The first-order valence-corrected chi connectivity index (χ1v) is 6.53. The molecule has 0 fully saturated rings. The van der Waals surface area contributed by atoms with Crippen molar-refractivity contribution in [3.05, 3.63) is 38.9 Å². The lowest BCUT2D eigenvalue weighted by Crippen LogP contribution is -2.31. The predicted octanol–water partition coefficient (Wildman–Crippen LogP) is 1.30. The molecule has 2 aromatic rings. The lowest BCUT2D eigenvalue weighted by atomic mass is 10.0. The summed E-state index contributed by atoms with van der Waals surface area (Å²) in [6, 6.07) is 5.24. The molecule has 20 heavy (non-hydrogen) atoms. The van der Waals surface area contributed by atoms with Crippen molar-refractivity contribution in [2.24, 2.45) is 5.92 Å². The van der Waals surface area contributed by atoms with Gasteiger partial charge in [-0.15, -0.1) is 0 Å². The van der Waals surface area contributed by atoms with Crippen LogP contribution in [0.3, 0.4) is 0 Å². The second-order valence-corrected chi connectivity index (χ2v) is 5.09. The largest absolute Gasteiger partial charge is 0.383 e. The van der Waals surface area contributed by atoms with Crippen LogP contribution in [-0.2, 0) is 4.74 Å². The van der Waals surface area contributed by atoms with Gasteiger partial charge in [-0.25, -0.2) is 0 Å². The van der Waals surface area contributed by atoms with Crippen molar-refractivity contribution in [1.82, 2.24) is 10.2 Å². The minimum absolute atomic E-state index is 0.0595. The lowest BCUT2D eigenvalue weighted by molar-refractivity contribution is 0.171. The number of methoxy groups -OCH3 is 1. The molecule has 0 saturated heterocycles. The molecule has 1 unspecified atom stereocenters. The van der Waals surface area contributed by atoms with E-state index >= 15 is 0 Å². The van der Waals surface area contributed by atoms with E-state index in [2.05, 4.69) is 29.4 Å². The molecule has 0 aliphatic rings. The van der Waals surface area contributed by atoms with E-state index in [9.17, 15) is 9.59 Å². The van der Waals surface area contributed by atoms with Crippen molar-refractivity contribution < 1.29 is 4.74 Å². The number of H-pyrrole nitrogens is 2. The molecule has 0 amide bonds. The number of rotatable bonds is 5. The van der Waals surface area contributed by atoms with Crippen molar-refractivity contribution in [2.45, 2.75) is 19.9 Å². The zero-order valence-electron chi connectivity index (χ0n) is 11.8. The highest BCUT2D eigenvalue weighted by Gasteiger charge is 2.15. The highest BCUT2D eigenvalue weighted by atomic mass is 16.5. The fourth-order valence-corrected chi connectivity index (χ4v) is 2.13. The Kier molecular flexibility index (Phi) is 4.24. The van der Waals surface area contributed by atoms with Crippen LogP contribution in [0.5, 0.6) is 0 Å². The van der Waals surface area contributed by atoms with Crippen molar-refractivity contribution in [1.29, 1.82) is 0 Å². The summed E-state index contributed by atoms with van der Waals surface area (Å²) in [5, 5.41) is 8.72. The molecular formula is C14H19N3O3. The van der Waals surface area contributed by atoms with Crippen LogP contribution in [0.4, 0.5) is 5.69 Å². The molecule has 6 nitrogen and oxygen atoms in total. The zero-order valence-corrected chi connectivity index (χ0v) is 11.8. The first-order valence-electron chi connectivity index (χ1n) is 6.53. The summed E-state index contributed by atoms with van der Waals surface area (Å²) in [5.41, 5.74) is 0.0179. The van der Waals surface area contributed by atoms with E-state index in [1.807, 2.05) is 0 Å². The maximum Gasteiger partial charge on any atom is 0.272 e. The van der Waals surface area contributed by atoms with E-state index in [0.717, 1.165) is 0 Å². The average Bonchev–Trinajstić information content (AvgIpc) is 2.42. The number of aromatic nitrogens is 2. The van der Waals surface area contributed by atoms with Gasteiger partial charge in [0.2, 0.25) is 0 Å². The molecule has 6 heteroatoms. The van der Waals surface area contributed by atoms with E-state index in [-0.39, 0.29) is 17.2 Å². The Balaban J connectivity index is 2.52. The molecule has 1 aromatic heterocycles. The fraction of sp³-hybridized carbons (Fsp3) is 0.429. The molecule has 2 rings (SSSR count). The van der Waals surface area contributed by atoms with Gasteiger partial charge in [0.05, 0.1) is 23.4 Å². The molecule has 0 radical (unpaired) electrons. The molecular weight excluding hydrogens is 258 g/mol. The van der Waals surface area contributed by atoms with Gasteiger partial charge in [-0.2, -0.15) is 0 Å². The van der Waals surface area contributed by atoms with Crippen LogP contribution in [0, 0.1) is 5.92 Å². The molecule has 0 saturated carbocycles. The average molecular weight is 277 g/mol. The summed E-state index contributed by atoms with van der Waals surface area (Å²) in [4.78, 5) is 23.7. The van der Waals surface area contributed by atoms with Gasteiger partial charge in [0.25, 0.3) is 11.1 Å². The van der Waals surface area contributed by atoms with E-state index in [1.165, 1.54) is 0 Å². The number of ether oxygens (including phenoxy) is 1. The predicted molar refractivity (Wildman–Crippen MR) is 79.3 cm³/mol. The third-order valence-electron chi connectivity index (χ3n) is 3.32. The topological polar surface area (TPSA) is 87.0 Å². The monoisotopic (exact) mass is 277 g/mol. The van der Waals surface area contributed by atoms with E-state index < -0.39 is 0 Å². The summed E-state index contributed by atoms with van der Waals surface area (Å²) in [5.74, 6) is 0.325. The number of anilines is 1. The maximum atomic E-state index is 12.0. The van der Waals surface area contributed by atoms with Gasteiger partial charge < -0.3 is 10.1 Å². The van der Waals surface area contributed by atoms with Gasteiger partial charge in [0.15, 0.2) is 0 Å². The fourth-order valence-electron chi connectivity index (χ4n) is 2.13. The Morgan fingerprint density at radius 3 is 2.55 bits per heavy atom. The number of fused-ring (bicyclic) bond motifs is 1. The third-order valence-corrected chi connectivity index (χ3v) is 3.32. The Bertz CT molecular complexity index is 703. The maximum absolute atomic E-state index is 12.0. The number of benzene rings is 1. The minimum atomic E-state index is -0.317. The molecule has 108 valence electrons. The van der Waals surface area contributed by atoms with Crippen LogP contribution in [-0.4, -0.2) is 30.0 Å². The molecule has 1 atom stereocenters. The second kappa shape index (κ2) is 5.92. The molecule has 0 spiro atoms. The Morgan fingerprint density at radius 2 is 1.90 bits per heavy atom. The minimum Gasteiger partial charge on any atom is -0.383 e. The Labute approximate surface area is 116 Å². The van der Waals surface area contributed by atoms with E-state index in [0.29, 0.717) is 29.0 Å². The highest BCUT2D eigenvalue weighted by Crippen LogP contribution is 2.19. The molecule has 0 aliphatic heterocycles. The summed E-state index contributed by atoms with van der Waals surface area (Å²) < 4.78 is 5.19. The van der Waals surface area contributed by atoms with Crippen molar-refractivity contribution >= 4 is 16.5 Å². The molecule has 1 aromatic carbocycles. The van der Waals surface area contributed by atoms with Crippen LogP contribution < -0.4 is 16.4 Å². The van der Waals surface area contributed by atoms with Crippen molar-refractivity contribution in [2.75, 3.05) is 19.0 Å². The Morgan fingerprint density at radius 1 is 1.20 bits per heavy atom. The standard InChI is InChI=1S/C14H19N3O3/c1-8(2)11(7-20-3)15-10-6-4-5-9-12(10)14(19)17-16-13(9)18/h4-6,8,11,15H,7H2,1-3H3,(H,16,18)(H,17,19). The van der Waals surface area contributed by atoms with Gasteiger partial charge in [0.1, 0.15) is 0 Å². The highest BCUT2D eigenvalue weighted by molar-refractivity contribution is 5.92. The third kappa shape index (κ3) is 2.75.